The molecule has 0 saturated carbocycles. The normalized spacial score (nSPS) is 10.5. The number of fused-ring (bicyclic) bond motifs is 1. The van der Waals surface area contributed by atoms with Crippen LogP contribution in [0.25, 0.3) is 10.9 Å². The van der Waals surface area contributed by atoms with E-state index in [0.29, 0.717) is 34.8 Å². The lowest BCUT2D eigenvalue weighted by molar-refractivity contribution is 0.327. The van der Waals surface area contributed by atoms with Crippen molar-refractivity contribution < 1.29 is 9.47 Å². The number of hydrogen-bond donors (Lipinski definition) is 0. The summed E-state index contributed by atoms with van der Waals surface area (Å²) in [4.78, 5) is 16.6. The highest BCUT2D eigenvalue weighted by Crippen LogP contribution is 2.30. The summed E-state index contributed by atoms with van der Waals surface area (Å²) in [7, 11) is 3.24. The zero-order valence-corrected chi connectivity index (χ0v) is 11.3. The van der Waals surface area contributed by atoms with Crippen molar-refractivity contribution in [1.82, 2.24) is 9.55 Å². The Balaban J connectivity index is 2.71. The van der Waals surface area contributed by atoms with Crippen LogP contribution < -0.4 is 15.0 Å². The zero-order chi connectivity index (χ0) is 14.0. The first-order valence-electron chi connectivity index (χ1n) is 5.87. The fourth-order valence-corrected chi connectivity index (χ4v) is 1.81. The smallest absolute Gasteiger partial charge is 0.261 e. The Morgan fingerprint density at radius 3 is 2.79 bits per heavy atom. The molecule has 0 atom stereocenters. The number of benzene rings is 1. The van der Waals surface area contributed by atoms with Crippen LogP contribution in [0.1, 0.15) is 5.82 Å². The lowest BCUT2D eigenvalue weighted by Crippen LogP contribution is -2.20. The van der Waals surface area contributed by atoms with E-state index in [1.54, 1.807) is 39.3 Å². The Morgan fingerprint density at radius 2 is 2.16 bits per heavy atom. The van der Waals surface area contributed by atoms with Crippen molar-refractivity contribution in [2.24, 2.45) is 7.05 Å². The van der Waals surface area contributed by atoms with E-state index < -0.39 is 0 Å². The van der Waals surface area contributed by atoms with Gasteiger partial charge in [-0.05, 0) is 13.0 Å². The number of aromatic nitrogens is 2. The van der Waals surface area contributed by atoms with Crippen molar-refractivity contribution in [3.63, 3.8) is 0 Å². The lowest BCUT2D eigenvalue weighted by Gasteiger charge is -2.11. The third-order valence-electron chi connectivity index (χ3n) is 2.94. The summed E-state index contributed by atoms with van der Waals surface area (Å²) in [5.74, 6) is 1.71. The first-order chi connectivity index (χ1) is 9.08. The maximum atomic E-state index is 12.2. The van der Waals surface area contributed by atoms with Gasteiger partial charge >= 0.3 is 0 Å². The van der Waals surface area contributed by atoms with E-state index >= 15 is 0 Å². The van der Waals surface area contributed by atoms with Gasteiger partial charge in [0.1, 0.15) is 12.4 Å². The molecule has 0 unspecified atom stereocenters. The van der Waals surface area contributed by atoms with E-state index in [4.69, 9.17) is 9.47 Å². The van der Waals surface area contributed by atoms with Crippen molar-refractivity contribution in [2.75, 3.05) is 13.7 Å². The molecule has 0 bridgehead atoms. The Bertz CT molecular complexity index is 689. The molecule has 5 nitrogen and oxygen atoms in total. The fourth-order valence-electron chi connectivity index (χ4n) is 1.81. The molecule has 0 fully saturated rings. The quantitative estimate of drug-likeness (QED) is 0.787. The van der Waals surface area contributed by atoms with Crippen molar-refractivity contribution in [3.8, 4) is 11.5 Å². The van der Waals surface area contributed by atoms with Gasteiger partial charge in [-0.1, -0.05) is 12.7 Å². The molecule has 0 radical (unpaired) electrons. The summed E-state index contributed by atoms with van der Waals surface area (Å²) in [5, 5.41) is 0.507. The second-order valence-electron chi connectivity index (χ2n) is 4.14. The van der Waals surface area contributed by atoms with Crippen LogP contribution in [0.4, 0.5) is 0 Å². The molecule has 0 spiro atoms. The summed E-state index contributed by atoms with van der Waals surface area (Å²) in [6.45, 7) is 5.73. The van der Waals surface area contributed by atoms with E-state index in [9.17, 15) is 4.79 Å². The maximum Gasteiger partial charge on any atom is 0.261 e. The Kier molecular flexibility index (Phi) is 3.55. The molecule has 0 aliphatic heterocycles. The monoisotopic (exact) mass is 260 g/mol. The van der Waals surface area contributed by atoms with Crippen molar-refractivity contribution in [1.29, 1.82) is 0 Å². The highest BCUT2D eigenvalue weighted by molar-refractivity contribution is 5.81. The summed E-state index contributed by atoms with van der Waals surface area (Å²) < 4.78 is 12.2. The van der Waals surface area contributed by atoms with E-state index in [2.05, 4.69) is 11.6 Å². The molecule has 0 saturated heterocycles. The van der Waals surface area contributed by atoms with Crippen molar-refractivity contribution >= 4 is 10.9 Å². The van der Waals surface area contributed by atoms with Crippen LogP contribution in [0.3, 0.4) is 0 Å². The molecule has 0 amide bonds. The molecule has 19 heavy (non-hydrogen) atoms. The number of rotatable bonds is 4. The zero-order valence-electron chi connectivity index (χ0n) is 11.3. The van der Waals surface area contributed by atoms with Crippen LogP contribution in [-0.2, 0) is 7.05 Å². The molecule has 2 rings (SSSR count). The highest BCUT2D eigenvalue weighted by atomic mass is 16.5. The molecule has 5 heteroatoms. The van der Waals surface area contributed by atoms with Crippen LogP contribution >= 0.6 is 0 Å². The van der Waals surface area contributed by atoms with Gasteiger partial charge in [0, 0.05) is 13.1 Å². The SMILES string of the molecule is C=CCOc1cc2c(=O)n(C)c(C)nc2cc1OC. The van der Waals surface area contributed by atoms with Crippen LogP contribution in [0.2, 0.25) is 0 Å². The van der Waals surface area contributed by atoms with Crippen LogP contribution in [0.15, 0.2) is 29.6 Å². The number of methoxy groups -OCH3 is 1. The Hall–Kier alpha value is -2.30. The minimum absolute atomic E-state index is 0.103. The van der Waals surface area contributed by atoms with Gasteiger partial charge in [-0.25, -0.2) is 4.98 Å². The molecule has 100 valence electrons. The average Bonchev–Trinajstić information content (AvgIpc) is 2.42. The lowest BCUT2D eigenvalue weighted by atomic mass is 10.2. The molecule has 0 N–H and O–H groups in total. The summed E-state index contributed by atoms with van der Waals surface area (Å²) in [6.07, 6.45) is 1.63. The number of hydrogen-bond acceptors (Lipinski definition) is 4. The average molecular weight is 260 g/mol. The van der Waals surface area contributed by atoms with E-state index in [1.165, 1.54) is 4.57 Å². The standard InChI is InChI=1S/C14H16N2O3/c1-5-6-19-13-7-10-11(8-12(13)18-4)15-9(2)16(3)14(10)17/h5,7-8H,1,6H2,2-4H3. The van der Waals surface area contributed by atoms with Gasteiger partial charge in [0.15, 0.2) is 11.5 Å². The van der Waals surface area contributed by atoms with Gasteiger partial charge in [-0.2, -0.15) is 0 Å². The van der Waals surface area contributed by atoms with Gasteiger partial charge in [0.05, 0.1) is 18.0 Å². The summed E-state index contributed by atoms with van der Waals surface area (Å²) >= 11 is 0. The number of ether oxygens (including phenoxy) is 2. The topological polar surface area (TPSA) is 53.4 Å². The van der Waals surface area contributed by atoms with Crippen LogP contribution in [-0.4, -0.2) is 23.3 Å². The van der Waals surface area contributed by atoms with Crippen LogP contribution in [0, 0.1) is 6.92 Å². The molecule has 1 aromatic carbocycles. The molecule has 1 heterocycles. The second kappa shape index (κ2) is 5.14. The molecule has 1 aromatic heterocycles. The molecular weight excluding hydrogens is 244 g/mol. The summed E-state index contributed by atoms with van der Waals surface area (Å²) in [6, 6.07) is 3.37. The first kappa shape index (κ1) is 13.1. The van der Waals surface area contributed by atoms with E-state index in [-0.39, 0.29) is 5.56 Å². The Morgan fingerprint density at radius 1 is 1.42 bits per heavy atom. The highest BCUT2D eigenvalue weighted by Gasteiger charge is 2.12. The predicted molar refractivity (Wildman–Crippen MR) is 74.0 cm³/mol. The minimum Gasteiger partial charge on any atom is -0.493 e. The Labute approximate surface area is 111 Å². The number of aryl methyl sites for hydroxylation is 1. The minimum atomic E-state index is -0.103. The first-order valence-corrected chi connectivity index (χ1v) is 5.87. The number of nitrogens with zero attached hydrogens (tertiary/aromatic N) is 2. The van der Waals surface area contributed by atoms with Crippen LogP contribution in [0.5, 0.6) is 11.5 Å². The van der Waals surface area contributed by atoms with Gasteiger partial charge in [-0.3, -0.25) is 9.36 Å². The summed E-state index contributed by atoms with van der Waals surface area (Å²) in [5.41, 5.74) is 0.497. The fraction of sp³-hybridized carbons (Fsp3) is 0.286. The van der Waals surface area contributed by atoms with Gasteiger partial charge in [0.2, 0.25) is 0 Å². The largest absolute Gasteiger partial charge is 0.493 e. The van der Waals surface area contributed by atoms with Crippen molar-refractivity contribution in [3.05, 3.63) is 41.0 Å². The third kappa shape index (κ3) is 2.31. The van der Waals surface area contributed by atoms with E-state index in [1.807, 2.05) is 0 Å². The van der Waals surface area contributed by atoms with Gasteiger partial charge in [0.25, 0.3) is 5.56 Å². The van der Waals surface area contributed by atoms with Gasteiger partial charge in [-0.15, -0.1) is 0 Å². The molecule has 0 aliphatic carbocycles. The third-order valence-corrected chi connectivity index (χ3v) is 2.94. The van der Waals surface area contributed by atoms with Crippen molar-refractivity contribution in [2.45, 2.75) is 6.92 Å². The maximum absolute atomic E-state index is 12.2. The van der Waals surface area contributed by atoms with Gasteiger partial charge < -0.3 is 9.47 Å². The molecular formula is C14H16N2O3. The molecule has 2 aromatic rings. The molecule has 0 aliphatic rings. The van der Waals surface area contributed by atoms with E-state index in [0.717, 1.165) is 0 Å². The second-order valence-corrected chi connectivity index (χ2v) is 4.14. The predicted octanol–water partition coefficient (Wildman–Crippen LogP) is 1.82.